The summed E-state index contributed by atoms with van der Waals surface area (Å²) < 4.78 is 0. The number of rotatable bonds is 14. The molecule has 0 amide bonds. The van der Waals surface area contributed by atoms with E-state index in [1.807, 2.05) is 66.8 Å². The maximum atomic E-state index is 2.42. The Bertz CT molecular complexity index is 1190. The molecule has 4 aliphatic carbocycles. The zero-order valence-electron chi connectivity index (χ0n) is 31.0. The molecule has 0 spiro atoms. The summed E-state index contributed by atoms with van der Waals surface area (Å²) in [5.74, 6) is 1.66. The third-order valence-electron chi connectivity index (χ3n) is 13.2. The summed E-state index contributed by atoms with van der Waals surface area (Å²) in [4.78, 5) is 0. The van der Waals surface area contributed by atoms with Crippen molar-refractivity contribution in [1.82, 2.24) is 0 Å². The minimum Gasteiger partial charge on any atom is -0.0654 e. The van der Waals surface area contributed by atoms with Gasteiger partial charge in [-0.15, -0.1) is 0 Å². The van der Waals surface area contributed by atoms with Gasteiger partial charge >= 0.3 is 0 Å². The maximum absolute atomic E-state index is 2.42. The lowest BCUT2D eigenvalue weighted by Crippen LogP contribution is -2.26. The second kappa shape index (κ2) is 16.7. The molecular weight excluding hydrogens is 553 g/mol. The minimum absolute atomic E-state index is 0.832. The lowest BCUT2D eigenvalue weighted by atomic mass is 9.64. The van der Waals surface area contributed by atoms with Crippen molar-refractivity contribution in [3.05, 3.63) is 66.8 Å². The third kappa shape index (κ3) is 7.08. The fraction of sp³-hybridized carbons (Fsp3) is 0.739. The van der Waals surface area contributed by atoms with Crippen molar-refractivity contribution in [2.24, 2.45) is 0 Å². The molecule has 0 heteroatoms. The van der Waals surface area contributed by atoms with Crippen LogP contribution in [0.15, 0.2) is 0 Å². The maximum Gasteiger partial charge on any atom is -0.00141 e. The summed E-state index contributed by atoms with van der Waals surface area (Å²) in [6.45, 7) is 9.67. The van der Waals surface area contributed by atoms with Crippen LogP contribution in [-0.4, -0.2) is 0 Å². The van der Waals surface area contributed by atoms with E-state index in [0.717, 1.165) is 11.8 Å². The molecule has 2 saturated carbocycles. The number of hydrogen-bond acceptors (Lipinski definition) is 0. The van der Waals surface area contributed by atoms with Crippen LogP contribution < -0.4 is 0 Å². The van der Waals surface area contributed by atoms with Crippen molar-refractivity contribution in [3.8, 4) is 0 Å². The molecular formula is C46H70. The quantitative estimate of drug-likeness (QED) is 0.168. The Morgan fingerprint density at radius 2 is 0.717 bits per heavy atom. The Morgan fingerprint density at radius 1 is 0.370 bits per heavy atom. The SMILES string of the molecule is CCCCc1c(CCCC)c(CCCC)c2c(c1CCCC)Cc1c(c(C3CCCCC3)c3c(c1C1CCCCC1)CCCC3)C2. The number of fused-ring (bicyclic) bond motifs is 3. The zero-order chi connectivity index (χ0) is 31.9. The molecule has 0 unspecified atom stereocenters. The van der Waals surface area contributed by atoms with Crippen LogP contribution in [0.25, 0.3) is 0 Å². The van der Waals surface area contributed by atoms with Crippen LogP contribution in [0.4, 0.5) is 0 Å². The predicted octanol–water partition coefficient (Wildman–Crippen LogP) is 13.5. The van der Waals surface area contributed by atoms with E-state index >= 15 is 0 Å². The minimum atomic E-state index is 0.832. The third-order valence-corrected chi connectivity index (χ3v) is 13.2. The first-order chi connectivity index (χ1) is 22.7. The summed E-state index contributed by atoms with van der Waals surface area (Å²) in [7, 11) is 0. The van der Waals surface area contributed by atoms with Crippen LogP contribution in [0.3, 0.4) is 0 Å². The molecule has 0 nitrogen and oxygen atoms in total. The van der Waals surface area contributed by atoms with Crippen molar-refractivity contribution in [3.63, 3.8) is 0 Å². The topological polar surface area (TPSA) is 0 Å². The van der Waals surface area contributed by atoms with Gasteiger partial charge in [-0.2, -0.15) is 0 Å². The van der Waals surface area contributed by atoms with E-state index in [1.54, 1.807) is 0 Å². The van der Waals surface area contributed by atoms with Gasteiger partial charge < -0.3 is 0 Å². The van der Waals surface area contributed by atoms with Crippen molar-refractivity contribution in [2.75, 3.05) is 0 Å². The highest BCUT2D eigenvalue weighted by Gasteiger charge is 2.36. The summed E-state index contributed by atoms with van der Waals surface area (Å²) in [6.07, 6.45) is 38.7. The van der Waals surface area contributed by atoms with Crippen LogP contribution in [0.5, 0.6) is 0 Å². The first kappa shape index (κ1) is 34.3. The highest BCUT2D eigenvalue weighted by molar-refractivity contribution is 5.65. The fourth-order valence-electron chi connectivity index (χ4n) is 10.9. The van der Waals surface area contributed by atoms with Crippen LogP contribution in [0, 0.1) is 0 Å². The van der Waals surface area contributed by atoms with Gasteiger partial charge in [0.2, 0.25) is 0 Å². The second-order valence-electron chi connectivity index (χ2n) is 16.3. The molecule has 0 heterocycles. The van der Waals surface area contributed by atoms with Crippen LogP contribution in [0.2, 0.25) is 0 Å². The van der Waals surface area contributed by atoms with Crippen molar-refractivity contribution < 1.29 is 0 Å². The van der Waals surface area contributed by atoms with Gasteiger partial charge in [0.05, 0.1) is 0 Å². The smallest absolute Gasteiger partial charge is 0.00141 e. The molecule has 254 valence electrons. The van der Waals surface area contributed by atoms with Gasteiger partial charge in [0.1, 0.15) is 0 Å². The molecule has 4 aliphatic rings. The molecule has 6 rings (SSSR count). The number of benzene rings is 2. The Kier molecular flexibility index (Phi) is 12.5. The van der Waals surface area contributed by atoms with Crippen molar-refractivity contribution in [2.45, 2.75) is 219 Å². The van der Waals surface area contributed by atoms with Crippen LogP contribution in [-0.2, 0) is 51.4 Å². The van der Waals surface area contributed by atoms with E-state index < -0.39 is 0 Å². The first-order valence-electron chi connectivity index (χ1n) is 21.1. The van der Waals surface area contributed by atoms with Crippen LogP contribution >= 0.6 is 0 Å². The molecule has 0 aromatic heterocycles. The molecule has 2 fully saturated rings. The van der Waals surface area contributed by atoms with Gasteiger partial charge in [0.25, 0.3) is 0 Å². The molecule has 2 aromatic rings. The van der Waals surface area contributed by atoms with Gasteiger partial charge in [-0.05, 0) is 194 Å². The first-order valence-corrected chi connectivity index (χ1v) is 21.1. The molecule has 0 N–H and O–H groups in total. The monoisotopic (exact) mass is 623 g/mol. The largest absolute Gasteiger partial charge is 0.0654 e. The molecule has 2 aromatic carbocycles. The highest BCUT2D eigenvalue weighted by atomic mass is 14.4. The van der Waals surface area contributed by atoms with E-state index in [1.165, 1.54) is 180 Å². The normalized spacial score (nSPS) is 18.8. The van der Waals surface area contributed by atoms with E-state index in [2.05, 4.69) is 27.7 Å². The molecule has 0 saturated heterocycles. The summed E-state index contributed by atoms with van der Waals surface area (Å²) in [5, 5.41) is 0. The van der Waals surface area contributed by atoms with E-state index in [4.69, 9.17) is 0 Å². The highest BCUT2D eigenvalue weighted by Crippen LogP contribution is 2.51. The van der Waals surface area contributed by atoms with Crippen molar-refractivity contribution in [1.29, 1.82) is 0 Å². The van der Waals surface area contributed by atoms with E-state index in [0.29, 0.717) is 0 Å². The predicted molar refractivity (Wildman–Crippen MR) is 201 cm³/mol. The standard InChI is InChI=1S/C46H70/c1-5-9-25-35-36(26-10-6-2)38(28-12-8-4)42-32-44-43(31-41(42)37(35)27-11-7-3)45(33-21-15-13-16-22-33)39-29-19-20-30-40(39)46(44)34-23-17-14-18-24-34/h33-34H,5-32H2,1-4H3. The lowest BCUT2D eigenvalue weighted by Gasteiger charge is -2.40. The Hall–Kier alpha value is -1.56. The average Bonchev–Trinajstić information content (AvgIpc) is 3.10. The zero-order valence-corrected chi connectivity index (χ0v) is 31.0. The summed E-state index contributed by atoms with van der Waals surface area (Å²) >= 11 is 0. The molecule has 0 radical (unpaired) electrons. The van der Waals surface area contributed by atoms with Crippen molar-refractivity contribution >= 4 is 0 Å². The summed E-state index contributed by atoms with van der Waals surface area (Å²) in [6, 6.07) is 0. The van der Waals surface area contributed by atoms with Gasteiger partial charge in [-0.1, -0.05) is 91.9 Å². The average molecular weight is 623 g/mol. The fourth-order valence-corrected chi connectivity index (χ4v) is 10.9. The van der Waals surface area contributed by atoms with E-state index in [9.17, 15) is 0 Å². The number of unbranched alkanes of at least 4 members (excludes halogenated alkanes) is 4. The van der Waals surface area contributed by atoms with E-state index in [-0.39, 0.29) is 0 Å². The van der Waals surface area contributed by atoms with Gasteiger partial charge in [-0.3, -0.25) is 0 Å². The molecule has 0 aliphatic heterocycles. The Balaban J connectivity index is 1.62. The van der Waals surface area contributed by atoms with Gasteiger partial charge in [0.15, 0.2) is 0 Å². The van der Waals surface area contributed by atoms with Crippen LogP contribution in [0.1, 0.15) is 235 Å². The van der Waals surface area contributed by atoms with Gasteiger partial charge in [0, 0.05) is 0 Å². The molecule has 0 atom stereocenters. The summed E-state index contributed by atoms with van der Waals surface area (Å²) in [5.41, 5.74) is 22.6. The molecule has 46 heavy (non-hydrogen) atoms. The Morgan fingerprint density at radius 3 is 1.07 bits per heavy atom. The lowest BCUT2D eigenvalue weighted by molar-refractivity contribution is 0.428. The molecule has 0 bridgehead atoms. The number of hydrogen-bond donors (Lipinski definition) is 0. The second-order valence-corrected chi connectivity index (χ2v) is 16.3. The van der Waals surface area contributed by atoms with Gasteiger partial charge in [-0.25, -0.2) is 0 Å². The Labute approximate surface area is 285 Å².